The number of carbonyl (C=O) groups is 1. The lowest BCUT2D eigenvalue weighted by molar-refractivity contribution is 0.0695. The van der Waals surface area contributed by atoms with Crippen LogP contribution in [-0.4, -0.2) is 41.5 Å². The number of fused-ring (bicyclic) bond motifs is 8. The van der Waals surface area contributed by atoms with Gasteiger partial charge in [-0.3, -0.25) is 4.79 Å². The zero-order valence-corrected chi connectivity index (χ0v) is 29.9. The molecule has 0 spiro atoms. The van der Waals surface area contributed by atoms with Gasteiger partial charge >= 0.3 is 5.97 Å². The van der Waals surface area contributed by atoms with E-state index in [2.05, 4.69) is 45.1 Å². The topological polar surface area (TPSA) is 132 Å². The second kappa shape index (κ2) is 13.1. The van der Waals surface area contributed by atoms with Gasteiger partial charge in [-0.1, -0.05) is 6.58 Å². The number of hydrogen-bond donors (Lipinski definition) is 1. The van der Waals surface area contributed by atoms with E-state index < -0.39 is 11.4 Å². The molecule has 8 heterocycles. The van der Waals surface area contributed by atoms with E-state index in [1.807, 2.05) is 13.8 Å². The summed E-state index contributed by atoms with van der Waals surface area (Å²) in [5.41, 5.74) is 8.45. The number of carboxylic acid groups (broad SMARTS) is 1. The fourth-order valence-corrected chi connectivity index (χ4v) is 9.11. The number of nitrogens with zero attached hydrogens (tertiary/aromatic N) is 6. The summed E-state index contributed by atoms with van der Waals surface area (Å²) in [6, 6.07) is 8.36. The van der Waals surface area contributed by atoms with Crippen LogP contribution in [-0.2, 0) is 37.0 Å². The number of thiazole rings is 1. The van der Waals surface area contributed by atoms with E-state index in [4.69, 9.17) is 19.8 Å². The summed E-state index contributed by atoms with van der Waals surface area (Å²) in [6.45, 7) is 8.22. The molecular formula is C37H32N6O4S3. The Morgan fingerprint density at radius 1 is 0.960 bits per heavy atom. The van der Waals surface area contributed by atoms with Crippen LogP contribution in [0, 0.1) is 0 Å². The van der Waals surface area contributed by atoms with Crippen LogP contribution in [0.5, 0.6) is 0 Å². The fraction of sp³-hybridized carbons (Fsp3) is 0.270. The molecule has 252 valence electrons. The average molecular weight is 721 g/mol. The second-order valence-electron chi connectivity index (χ2n) is 12.4. The molecule has 0 fully saturated rings. The zero-order chi connectivity index (χ0) is 34.5. The van der Waals surface area contributed by atoms with Crippen molar-refractivity contribution >= 4 is 99.1 Å². The van der Waals surface area contributed by atoms with Crippen LogP contribution in [0.2, 0.25) is 0 Å². The molecule has 1 aliphatic heterocycles. The third-order valence-electron chi connectivity index (χ3n) is 9.12. The van der Waals surface area contributed by atoms with Gasteiger partial charge in [0.25, 0.3) is 0 Å². The van der Waals surface area contributed by atoms with Gasteiger partial charge in [-0.2, -0.15) is 0 Å². The summed E-state index contributed by atoms with van der Waals surface area (Å²) in [4.78, 5) is 49.7. The largest absolute Gasteiger partial charge is 0.477 e. The van der Waals surface area contributed by atoms with Gasteiger partial charge in [-0.25, -0.2) is 29.7 Å². The number of ether oxygens (including phenoxy) is 1. The number of rotatable bonds is 2. The third-order valence-corrected chi connectivity index (χ3v) is 11.8. The Hall–Kier alpha value is -4.85. The minimum Gasteiger partial charge on any atom is -0.477 e. The Morgan fingerprint density at radius 3 is 2.54 bits per heavy atom. The van der Waals surface area contributed by atoms with Gasteiger partial charge in [0.15, 0.2) is 5.90 Å². The molecule has 1 N–H and O–H groups in total. The molecule has 0 amide bonds. The summed E-state index contributed by atoms with van der Waals surface area (Å²) in [7, 11) is 0. The van der Waals surface area contributed by atoms with Crippen molar-refractivity contribution in [2.75, 3.05) is 0 Å². The number of aromatic nitrogens is 5. The first-order valence-corrected chi connectivity index (χ1v) is 19.1. The molecule has 2 aliphatic carbocycles. The highest BCUT2D eigenvalue weighted by Gasteiger charge is 2.24. The predicted octanol–water partition coefficient (Wildman–Crippen LogP) is 8.74. The van der Waals surface area contributed by atoms with E-state index >= 15 is 0 Å². The first kappa shape index (κ1) is 32.4. The molecule has 10 rings (SSSR count). The molecule has 0 unspecified atom stereocenters. The Kier molecular flexibility index (Phi) is 8.49. The second-order valence-corrected chi connectivity index (χ2v) is 15.1. The molecule has 0 atom stereocenters. The molecule has 0 bridgehead atoms. The highest BCUT2D eigenvalue weighted by atomic mass is 32.1. The van der Waals surface area contributed by atoms with E-state index in [1.54, 1.807) is 38.8 Å². The van der Waals surface area contributed by atoms with Crippen molar-refractivity contribution in [1.29, 1.82) is 0 Å². The molecular weight excluding hydrogens is 689 g/mol. The van der Waals surface area contributed by atoms with Crippen molar-refractivity contribution in [3.8, 4) is 0 Å². The minimum absolute atomic E-state index is 0.245. The lowest BCUT2D eigenvalue weighted by Crippen LogP contribution is -2.19. The van der Waals surface area contributed by atoms with Crippen molar-refractivity contribution in [1.82, 2.24) is 24.5 Å². The summed E-state index contributed by atoms with van der Waals surface area (Å²) in [5, 5.41) is 14.0. The molecule has 10 nitrogen and oxygen atoms in total. The smallest absolute Gasteiger partial charge is 0.341 e. The summed E-state index contributed by atoms with van der Waals surface area (Å²) < 4.78 is 7.15. The SMILES string of the molecule is C=C1OC(C)=Nc2c1sc1nc3c(cc21)CCC3.CCn1cc(C(=O)O)c(=O)c2cc3ncsc3nc21.c1cc2cc3c(nc2s1)CCCC3. The number of aromatic carboxylic acids is 1. The standard InChI is InChI=1S/C14H12N2OS.C12H9N3O3S.C11H11NS/c1-7-13-12(15-8(2)17-7)10-6-9-4-3-5-11(9)16-14(10)18-13;1-2-15-4-7(12(17)18)9(16)6-3-8-11(14-10(6)15)19-5-13-8;1-2-4-10-8(3-1)7-9-5-6-13-11(9)12-10/h6H,1,3-5H2,2H3;3-5H,2H2,1H3,(H,17,18);5-7H,1-4H2. The van der Waals surface area contributed by atoms with Gasteiger partial charge in [0.1, 0.15) is 37.0 Å². The van der Waals surface area contributed by atoms with Gasteiger partial charge in [0.05, 0.1) is 21.5 Å². The maximum Gasteiger partial charge on any atom is 0.341 e. The molecule has 0 radical (unpaired) electrons. The zero-order valence-electron chi connectivity index (χ0n) is 27.5. The summed E-state index contributed by atoms with van der Waals surface area (Å²) in [6.07, 6.45) is 9.88. The van der Waals surface area contributed by atoms with Gasteiger partial charge in [0, 0.05) is 41.8 Å². The van der Waals surface area contributed by atoms with E-state index in [-0.39, 0.29) is 5.56 Å². The number of thiophene rings is 2. The predicted molar refractivity (Wildman–Crippen MR) is 203 cm³/mol. The quantitative estimate of drug-likeness (QED) is 0.188. The van der Waals surface area contributed by atoms with Crippen LogP contribution in [0.3, 0.4) is 0 Å². The van der Waals surface area contributed by atoms with E-state index in [9.17, 15) is 9.59 Å². The molecule has 3 aliphatic rings. The number of carboxylic acids is 1. The van der Waals surface area contributed by atoms with E-state index in [1.165, 1.54) is 82.4 Å². The van der Waals surface area contributed by atoms with Crippen molar-refractivity contribution in [3.05, 3.63) is 91.1 Å². The van der Waals surface area contributed by atoms with Gasteiger partial charge in [0.2, 0.25) is 5.43 Å². The van der Waals surface area contributed by atoms with E-state index in [0.717, 1.165) is 38.5 Å². The van der Waals surface area contributed by atoms with Gasteiger partial charge < -0.3 is 14.4 Å². The van der Waals surface area contributed by atoms with Crippen LogP contribution in [0.15, 0.2) is 57.7 Å². The third kappa shape index (κ3) is 5.88. The first-order chi connectivity index (χ1) is 24.3. The van der Waals surface area contributed by atoms with Crippen molar-refractivity contribution in [3.63, 3.8) is 0 Å². The number of pyridine rings is 4. The van der Waals surface area contributed by atoms with E-state index in [0.29, 0.717) is 34.8 Å². The molecule has 7 aromatic heterocycles. The van der Waals surface area contributed by atoms with Crippen molar-refractivity contribution in [2.24, 2.45) is 4.99 Å². The summed E-state index contributed by atoms with van der Waals surface area (Å²) in [5.74, 6) is 0.126. The monoisotopic (exact) mass is 720 g/mol. The molecule has 7 aromatic rings. The normalized spacial score (nSPS) is 14.7. The Morgan fingerprint density at radius 2 is 1.72 bits per heavy atom. The molecule has 0 saturated heterocycles. The molecule has 50 heavy (non-hydrogen) atoms. The Bertz CT molecular complexity index is 2560. The molecule has 0 saturated carbocycles. The lowest BCUT2D eigenvalue weighted by atomic mass is 9.96. The minimum atomic E-state index is -1.23. The number of aliphatic imine (C=N–C) groups is 1. The Labute approximate surface area is 298 Å². The number of aryl methyl sites for hydroxylation is 5. The highest BCUT2D eigenvalue weighted by molar-refractivity contribution is 7.20. The number of hydrogen-bond acceptors (Lipinski definition) is 11. The van der Waals surface area contributed by atoms with Crippen LogP contribution in [0.25, 0.3) is 47.6 Å². The average Bonchev–Trinajstić information content (AvgIpc) is 3.93. The lowest BCUT2D eigenvalue weighted by Gasteiger charge is -2.13. The molecule has 0 aromatic carbocycles. The van der Waals surface area contributed by atoms with Crippen LogP contribution in [0.4, 0.5) is 5.69 Å². The van der Waals surface area contributed by atoms with Crippen LogP contribution >= 0.6 is 34.0 Å². The highest BCUT2D eigenvalue weighted by Crippen LogP contribution is 2.44. The van der Waals surface area contributed by atoms with Crippen LogP contribution < -0.4 is 5.43 Å². The first-order valence-electron chi connectivity index (χ1n) is 16.5. The fourth-order valence-electron chi connectivity index (χ4n) is 6.68. The molecule has 13 heteroatoms. The maximum absolute atomic E-state index is 12.1. The maximum atomic E-state index is 12.1. The Balaban J connectivity index is 0.000000110. The van der Waals surface area contributed by atoms with Gasteiger partial charge in [-0.05, 0) is 92.6 Å². The van der Waals surface area contributed by atoms with Crippen LogP contribution in [0.1, 0.15) is 70.9 Å². The van der Waals surface area contributed by atoms with Crippen molar-refractivity contribution < 1.29 is 14.6 Å². The van der Waals surface area contributed by atoms with Gasteiger partial charge in [-0.15, -0.1) is 34.0 Å². The summed E-state index contributed by atoms with van der Waals surface area (Å²) >= 11 is 4.77. The van der Waals surface area contributed by atoms with Crippen molar-refractivity contribution in [2.45, 2.75) is 65.3 Å².